The Labute approximate surface area is 158 Å². The number of carbonyl (C=O) groups excluding carboxylic acids is 1. The zero-order chi connectivity index (χ0) is 18.2. The van der Waals surface area contributed by atoms with Crippen LogP contribution in [0.3, 0.4) is 0 Å². The van der Waals surface area contributed by atoms with Crippen LogP contribution in [0, 0.1) is 0 Å². The van der Waals surface area contributed by atoms with Crippen LogP contribution in [0.4, 0.5) is 5.69 Å². The molecule has 0 fully saturated rings. The monoisotopic (exact) mass is 365 g/mol. The molecule has 1 aromatic carbocycles. The smallest absolute Gasteiger partial charge is 0.225 e. The number of aromatic hydroxyl groups is 1. The molecule has 0 unspecified atom stereocenters. The van der Waals surface area contributed by atoms with E-state index in [2.05, 4.69) is 12.2 Å². The number of carbonyl (C=O) groups is 1. The van der Waals surface area contributed by atoms with Gasteiger partial charge in [0.25, 0.3) is 0 Å². The molecule has 2 N–H and O–H groups in total. The topological polar surface area (TPSA) is 49.3 Å². The Balaban J connectivity index is 1.85. The molecule has 1 amide bonds. The molecular weight excluding hydrogens is 330 g/mol. The maximum absolute atomic E-state index is 11.8. The Hall–Kier alpha value is -1.16. The normalized spacial score (nSPS) is 10.8. The predicted molar refractivity (Wildman–Crippen MR) is 111 cm³/mol. The van der Waals surface area contributed by atoms with Gasteiger partial charge in [-0.2, -0.15) is 11.8 Å². The number of unbranched alkanes of at least 4 members (excludes halogenated alkanes) is 9. The summed E-state index contributed by atoms with van der Waals surface area (Å²) in [7, 11) is 0. The summed E-state index contributed by atoms with van der Waals surface area (Å²) >= 11 is 1.87. The molecule has 0 saturated heterocycles. The van der Waals surface area contributed by atoms with Crippen LogP contribution in [0.1, 0.15) is 77.6 Å². The van der Waals surface area contributed by atoms with E-state index in [1.165, 1.54) is 64.2 Å². The molecule has 142 valence electrons. The average molecular weight is 366 g/mol. The largest absolute Gasteiger partial charge is 0.508 e. The summed E-state index contributed by atoms with van der Waals surface area (Å²) in [5.74, 6) is 2.29. The molecule has 4 heteroatoms. The Bertz CT molecular complexity index is 448. The first-order valence-electron chi connectivity index (χ1n) is 9.89. The third kappa shape index (κ3) is 12.8. The van der Waals surface area contributed by atoms with Gasteiger partial charge >= 0.3 is 0 Å². The molecule has 0 atom stereocenters. The lowest BCUT2D eigenvalue weighted by molar-refractivity contribution is -0.115. The summed E-state index contributed by atoms with van der Waals surface area (Å²) in [6, 6.07) is 6.58. The fourth-order valence-corrected chi connectivity index (χ4v) is 3.67. The summed E-state index contributed by atoms with van der Waals surface area (Å²) in [4.78, 5) is 11.8. The van der Waals surface area contributed by atoms with Crippen LogP contribution in [0.25, 0.3) is 0 Å². The molecule has 0 spiro atoms. The lowest BCUT2D eigenvalue weighted by Crippen LogP contribution is -2.12. The van der Waals surface area contributed by atoms with Crippen molar-refractivity contribution >= 4 is 23.4 Å². The first-order valence-corrected chi connectivity index (χ1v) is 11.0. The zero-order valence-corrected chi connectivity index (χ0v) is 16.6. The number of hydrogen-bond donors (Lipinski definition) is 2. The van der Waals surface area contributed by atoms with Crippen molar-refractivity contribution in [3.63, 3.8) is 0 Å². The highest BCUT2D eigenvalue weighted by molar-refractivity contribution is 7.99. The van der Waals surface area contributed by atoms with Crippen molar-refractivity contribution in [2.45, 2.75) is 77.6 Å². The molecule has 0 heterocycles. The Morgan fingerprint density at radius 2 is 1.44 bits per heavy atom. The molecule has 25 heavy (non-hydrogen) atoms. The van der Waals surface area contributed by atoms with Gasteiger partial charge in [-0.05, 0) is 36.4 Å². The van der Waals surface area contributed by atoms with Crippen molar-refractivity contribution in [3.8, 4) is 5.75 Å². The molecule has 0 aromatic heterocycles. The molecule has 0 aliphatic carbocycles. The molecule has 0 bridgehead atoms. The zero-order valence-electron chi connectivity index (χ0n) is 15.8. The van der Waals surface area contributed by atoms with Crippen molar-refractivity contribution in [2.24, 2.45) is 0 Å². The van der Waals surface area contributed by atoms with Crippen molar-refractivity contribution in [1.82, 2.24) is 0 Å². The summed E-state index contributed by atoms with van der Waals surface area (Å²) < 4.78 is 0. The molecular formula is C21H35NO2S. The lowest BCUT2D eigenvalue weighted by Gasteiger charge is -2.05. The fourth-order valence-electron chi connectivity index (χ4n) is 2.73. The van der Waals surface area contributed by atoms with Crippen LogP contribution in [-0.4, -0.2) is 22.5 Å². The van der Waals surface area contributed by atoms with Gasteiger partial charge in [-0.1, -0.05) is 64.7 Å². The minimum atomic E-state index is 0.0428. The standard InChI is InChI=1S/C21H35NO2S/c1-2-3-4-5-6-7-8-9-10-11-17-25-18-16-21(24)22-19-12-14-20(23)15-13-19/h12-15,23H,2-11,16-18H2,1H3,(H,22,24). The number of anilines is 1. The highest BCUT2D eigenvalue weighted by Gasteiger charge is 2.02. The van der Waals surface area contributed by atoms with Crippen LogP contribution in [0.15, 0.2) is 24.3 Å². The highest BCUT2D eigenvalue weighted by atomic mass is 32.2. The molecule has 1 rings (SSSR count). The van der Waals surface area contributed by atoms with Crippen molar-refractivity contribution in [3.05, 3.63) is 24.3 Å². The predicted octanol–water partition coefficient (Wildman–Crippen LogP) is 6.37. The summed E-state index contributed by atoms with van der Waals surface area (Å²) in [5.41, 5.74) is 0.738. The van der Waals surface area contributed by atoms with Crippen LogP contribution < -0.4 is 5.32 Å². The first-order chi connectivity index (χ1) is 12.2. The lowest BCUT2D eigenvalue weighted by atomic mass is 10.1. The van der Waals surface area contributed by atoms with Gasteiger partial charge in [-0.3, -0.25) is 4.79 Å². The van der Waals surface area contributed by atoms with Gasteiger partial charge in [0.1, 0.15) is 5.75 Å². The van der Waals surface area contributed by atoms with E-state index in [4.69, 9.17) is 0 Å². The molecule has 0 radical (unpaired) electrons. The molecule has 0 aliphatic heterocycles. The minimum absolute atomic E-state index is 0.0428. The third-order valence-electron chi connectivity index (χ3n) is 4.27. The number of benzene rings is 1. The maximum Gasteiger partial charge on any atom is 0.225 e. The fraction of sp³-hybridized carbons (Fsp3) is 0.667. The van der Waals surface area contributed by atoms with E-state index < -0.39 is 0 Å². The Morgan fingerprint density at radius 3 is 2.04 bits per heavy atom. The third-order valence-corrected chi connectivity index (χ3v) is 5.34. The van der Waals surface area contributed by atoms with Crippen molar-refractivity contribution in [2.75, 3.05) is 16.8 Å². The van der Waals surface area contributed by atoms with Crippen molar-refractivity contribution in [1.29, 1.82) is 0 Å². The number of nitrogens with one attached hydrogen (secondary N) is 1. The highest BCUT2D eigenvalue weighted by Crippen LogP contribution is 2.15. The SMILES string of the molecule is CCCCCCCCCCCCSCCC(=O)Nc1ccc(O)cc1. The number of phenolic OH excluding ortho intramolecular Hbond substituents is 1. The van der Waals surface area contributed by atoms with E-state index in [1.54, 1.807) is 24.3 Å². The minimum Gasteiger partial charge on any atom is -0.508 e. The van der Waals surface area contributed by atoms with Crippen LogP contribution in [0.2, 0.25) is 0 Å². The molecule has 0 aliphatic rings. The summed E-state index contributed by atoms with van der Waals surface area (Å²) in [6.07, 6.45) is 14.2. The van der Waals surface area contributed by atoms with E-state index in [-0.39, 0.29) is 11.7 Å². The number of phenols is 1. The van der Waals surface area contributed by atoms with Gasteiger partial charge in [-0.25, -0.2) is 0 Å². The molecule has 1 aromatic rings. The first kappa shape index (κ1) is 21.9. The van der Waals surface area contributed by atoms with Gasteiger partial charge in [0.2, 0.25) is 5.91 Å². The van der Waals surface area contributed by atoms with Gasteiger partial charge < -0.3 is 10.4 Å². The van der Waals surface area contributed by atoms with E-state index in [9.17, 15) is 9.90 Å². The number of thioether (sulfide) groups is 1. The van der Waals surface area contributed by atoms with E-state index in [0.717, 1.165) is 17.2 Å². The Kier molecular flexibility index (Phi) is 13.2. The second-order valence-electron chi connectivity index (χ2n) is 6.64. The van der Waals surface area contributed by atoms with Crippen LogP contribution in [0.5, 0.6) is 5.75 Å². The van der Waals surface area contributed by atoms with Crippen LogP contribution >= 0.6 is 11.8 Å². The van der Waals surface area contributed by atoms with Gasteiger partial charge in [0, 0.05) is 17.9 Å². The summed E-state index contributed by atoms with van der Waals surface area (Å²) in [6.45, 7) is 2.26. The van der Waals surface area contributed by atoms with E-state index in [0.29, 0.717) is 6.42 Å². The average Bonchev–Trinajstić information content (AvgIpc) is 2.61. The van der Waals surface area contributed by atoms with Crippen molar-refractivity contribution < 1.29 is 9.90 Å². The van der Waals surface area contributed by atoms with Gasteiger partial charge in [0.15, 0.2) is 0 Å². The second-order valence-corrected chi connectivity index (χ2v) is 7.86. The maximum atomic E-state index is 11.8. The van der Waals surface area contributed by atoms with Gasteiger partial charge in [-0.15, -0.1) is 0 Å². The summed E-state index contributed by atoms with van der Waals surface area (Å²) in [5, 5.41) is 12.1. The van der Waals surface area contributed by atoms with Crippen LogP contribution in [-0.2, 0) is 4.79 Å². The number of amides is 1. The Morgan fingerprint density at radius 1 is 0.880 bits per heavy atom. The quantitative estimate of drug-likeness (QED) is 0.280. The van der Waals surface area contributed by atoms with Gasteiger partial charge in [0.05, 0.1) is 0 Å². The van der Waals surface area contributed by atoms with E-state index >= 15 is 0 Å². The molecule has 0 saturated carbocycles. The number of rotatable bonds is 15. The second kappa shape index (κ2) is 15.1. The molecule has 3 nitrogen and oxygen atoms in total. The van der Waals surface area contributed by atoms with E-state index in [1.807, 2.05) is 11.8 Å². The number of hydrogen-bond acceptors (Lipinski definition) is 3.